The zero-order valence-corrected chi connectivity index (χ0v) is 8.51. The van der Waals surface area contributed by atoms with E-state index in [2.05, 4.69) is 0 Å². The van der Waals surface area contributed by atoms with Crippen LogP contribution in [0.15, 0.2) is 29.1 Å². The Bertz CT molecular complexity index is 646. The van der Waals surface area contributed by atoms with Crippen LogP contribution in [-0.2, 0) is 7.05 Å². The Morgan fingerprint density at radius 2 is 2.00 bits per heavy atom. The lowest BCUT2D eigenvalue weighted by Crippen LogP contribution is -2.22. The molecule has 2 rings (SSSR count). The zero-order valence-electron chi connectivity index (χ0n) is 8.51. The summed E-state index contributed by atoms with van der Waals surface area (Å²) in [4.78, 5) is 21.7. The molecule has 0 unspecified atom stereocenters. The molecule has 0 aliphatic rings. The largest absolute Gasteiger partial charge is 0.392 e. The van der Waals surface area contributed by atoms with Gasteiger partial charge in [-0.1, -0.05) is 18.2 Å². The van der Waals surface area contributed by atoms with Gasteiger partial charge in [0.05, 0.1) is 10.4 Å². The van der Waals surface area contributed by atoms with E-state index in [1.54, 1.807) is 24.3 Å². The Hall–Kier alpha value is -2.37. The number of nitrogen functional groups attached to an aromatic ring is 1. The molecule has 1 heterocycles. The average molecular weight is 219 g/mol. The summed E-state index contributed by atoms with van der Waals surface area (Å²) in [5.74, 6) is 0. The van der Waals surface area contributed by atoms with Crippen LogP contribution in [0.4, 0.5) is 11.4 Å². The van der Waals surface area contributed by atoms with E-state index in [1.165, 1.54) is 11.6 Å². The molecule has 0 amide bonds. The number of para-hydroxylation sites is 1. The number of pyridine rings is 1. The normalized spacial score (nSPS) is 10.6. The molecule has 6 nitrogen and oxygen atoms in total. The number of aryl methyl sites for hydroxylation is 1. The maximum atomic E-state index is 11.7. The van der Waals surface area contributed by atoms with Crippen molar-refractivity contribution in [2.24, 2.45) is 7.05 Å². The van der Waals surface area contributed by atoms with Crippen LogP contribution in [-0.4, -0.2) is 9.49 Å². The summed E-state index contributed by atoms with van der Waals surface area (Å²) in [5.41, 5.74) is 4.87. The molecule has 0 atom stereocenters. The number of anilines is 1. The number of fused-ring (bicyclic) bond motifs is 1. The van der Waals surface area contributed by atoms with E-state index in [1.807, 2.05) is 0 Å². The van der Waals surface area contributed by atoms with E-state index >= 15 is 0 Å². The molecule has 0 spiro atoms. The standard InChI is InChI=1S/C10H9N3O3/c1-12-7-5-3-2-4-6(7)8(11)9(10(12)14)13(15)16/h2-5H,11H2,1H3. The Kier molecular flexibility index (Phi) is 2.12. The van der Waals surface area contributed by atoms with Crippen LogP contribution in [0.25, 0.3) is 10.9 Å². The van der Waals surface area contributed by atoms with Crippen molar-refractivity contribution >= 4 is 22.3 Å². The van der Waals surface area contributed by atoms with Crippen molar-refractivity contribution < 1.29 is 4.92 Å². The molecular weight excluding hydrogens is 210 g/mol. The number of hydrogen-bond acceptors (Lipinski definition) is 4. The summed E-state index contributed by atoms with van der Waals surface area (Å²) in [6.07, 6.45) is 0. The maximum absolute atomic E-state index is 11.7. The quantitative estimate of drug-likeness (QED) is 0.572. The third kappa shape index (κ3) is 1.23. The minimum Gasteiger partial charge on any atom is -0.392 e. The van der Waals surface area contributed by atoms with E-state index in [9.17, 15) is 14.9 Å². The van der Waals surface area contributed by atoms with Crippen molar-refractivity contribution in [3.05, 3.63) is 44.7 Å². The van der Waals surface area contributed by atoms with Gasteiger partial charge in [0.1, 0.15) is 5.69 Å². The second kappa shape index (κ2) is 3.34. The Morgan fingerprint density at radius 1 is 1.38 bits per heavy atom. The molecule has 0 bridgehead atoms. The van der Waals surface area contributed by atoms with Gasteiger partial charge in [-0.3, -0.25) is 14.9 Å². The molecule has 0 aliphatic carbocycles. The highest BCUT2D eigenvalue weighted by molar-refractivity contribution is 5.94. The van der Waals surface area contributed by atoms with Crippen molar-refractivity contribution in [3.63, 3.8) is 0 Å². The van der Waals surface area contributed by atoms with Crippen LogP contribution in [0, 0.1) is 10.1 Å². The lowest BCUT2D eigenvalue weighted by Gasteiger charge is -2.07. The first-order chi connectivity index (χ1) is 7.54. The van der Waals surface area contributed by atoms with E-state index in [0.717, 1.165) is 0 Å². The van der Waals surface area contributed by atoms with Gasteiger partial charge in [-0.15, -0.1) is 0 Å². The molecule has 16 heavy (non-hydrogen) atoms. The fraction of sp³-hybridized carbons (Fsp3) is 0.100. The van der Waals surface area contributed by atoms with Gasteiger partial charge < -0.3 is 10.3 Å². The molecule has 0 saturated carbocycles. The minimum absolute atomic E-state index is 0.0799. The number of nitrogens with zero attached hydrogens (tertiary/aromatic N) is 2. The monoisotopic (exact) mass is 219 g/mol. The molecule has 2 aromatic rings. The zero-order chi connectivity index (χ0) is 11.9. The van der Waals surface area contributed by atoms with Crippen molar-refractivity contribution in [1.29, 1.82) is 0 Å². The minimum atomic E-state index is -0.746. The van der Waals surface area contributed by atoms with Crippen LogP contribution in [0.1, 0.15) is 0 Å². The third-order valence-electron chi connectivity index (χ3n) is 2.50. The highest BCUT2D eigenvalue weighted by Crippen LogP contribution is 2.25. The van der Waals surface area contributed by atoms with E-state index in [0.29, 0.717) is 10.9 Å². The SMILES string of the molecule is Cn1c(=O)c([N+](=O)[O-])c(N)c2ccccc21. The van der Waals surface area contributed by atoms with Crippen LogP contribution >= 0.6 is 0 Å². The molecule has 6 heteroatoms. The first kappa shape index (κ1) is 10.2. The number of nitro groups is 1. The van der Waals surface area contributed by atoms with E-state index in [-0.39, 0.29) is 5.69 Å². The first-order valence-electron chi connectivity index (χ1n) is 4.55. The Labute approximate surface area is 90.1 Å². The summed E-state index contributed by atoms with van der Waals surface area (Å²) >= 11 is 0. The summed E-state index contributed by atoms with van der Waals surface area (Å²) in [6, 6.07) is 6.80. The number of hydrogen-bond donors (Lipinski definition) is 1. The predicted octanol–water partition coefficient (Wildman–Crippen LogP) is 1.03. The fourth-order valence-corrected chi connectivity index (χ4v) is 1.68. The molecule has 82 valence electrons. The second-order valence-corrected chi connectivity index (χ2v) is 3.40. The molecule has 0 radical (unpaired) electrons. The first-order valence-corrected chi connectivity index (χ1v) is 4.55. The van der Waals surface area contributed by atoms with Crippen molar-refractivity contribution in [3.8, 4) is 0 Å². The molecule has 0 saturated heterocycles. The average Bonchev–Trinajstić information content (AvgIpc) is 2.26. The van der Waals surface area contributed by atoms with Crippen molar-refractivity contribution in [2.75, 3.05) is 5.73 Å². The highest BCUT2D eigenvalue weighted by atomic mass is 16.6. The van der Waals surface area contributed by atoms with Gasteiger partial charge in [-0.05, 0) is 6.07 Å². The Balaban J connectivity index is 3.07. The smallest absolute Gasteiger partial charge is 0.357 e. The van der Waals surface area contributed by atoms with Crippen LogP contribution in [0.5, 0.6) is 0 Å². The third-order valence-corrected chi connectivity index (χ3v) is 2.50. The van der Waals surface area contributed by atoms with Gasteiger partial charge in [0.25, 0.3) is 0 Å². The van der Waals surface area contributed by atoms with Crippen LogP contribution in [0.3, 0.4) is 0 Å². The molecule has 2 N–H and O–H groups in total. The van der Waals surface area contributed by atoms with E-state index < -0.39 is 16.2 Å². The predicted molar refractivity (Wildman–Crippen MR) is 60.3 cm³/mol. The topological polar surface area (TPSA) is 91.2 Å². The maximum Gasteiger partial charge on any atom is 0.357 e. The van der Waals surface area contributed by atoms with Gasteiger partial charge in [-0.25, -0.2) is 0 Å². The molecular formula is C10H9N3O3. The molecule has 1 aromatic carbocycles. The van der Waals surface area contributed by atoms with Crippen LogP contribution < -0.4 is 11.3 Å². The lowest BCUT2D eigenvalue weighted by atomic mass is 10.1. The molecule has 1 aromatic heterocycles. The van der Waals surface area contributed by atoms with Crippen LogP contribution in [0.2, 0.25) is 0 Å². The van der Waals surface area contributed by atoms with Gasteiger partial charge >= 0.3 is 11.2 Å². The van der Waals surface area contributed by atoms with Gasteiger partial charge in [0, 0.05) is 12.4 Å². The van der Waals surface area contributed by atoms with E-state index in [4.69, 9.17) is 5.73 Å². The molecule has 0 aliphatic heterocycles. The summed E-state index contributed by atoms with van der Waals surface area (Å²) in [6.45, 7) is 0. The number of aromatic nitrogens is 1. The lowest BCUT2D eigenvalue weighted by molar-refractivity contribution is -0.385. The Morgan fingerprint density at radius 3 is 2.62 bits per heavy atom. The summed E-state index contributed by atoms with van der Waals surface area (Å²) in [5, 5.41) is 11.3. The second-order valence-electron chi connectivity index (χ2n) is 3.40. The number of benzene rings is 1. The van der Waals surface area contributed by atoms with Gasteiger partial charge in [-0.2, -0.15) is 0 Å². The number of rotatable bonds is 1. The van der Waals surface area contributed by atoms with Gasteiger partial charge in [0.15, 0.2) is 0 Å². The summed E-state index contributed by atoms with van der Waals surface area (Å²) in [7, 11) is 1.48. The highest BCUT2D eigenvalue weighted by Gasteiger charge is 2.21. The molecule has 0 fully saturated rings. The van der Waals surface area contributed by atoms with Crippen molar-refractivity contribution in [2.45, 2.75) is 0 Å². The van der Waals surface area contributed by atoms with Crippen molar-refractivity contribution in [1.82, 2.24) is 4.57 Å². The summed E-state index contributed by atoms with van der Waals surface area (Å²) < 4.78 is 1.23. The number of nitrogens with two attached hydrogens (primary N) is 1. The fourth-order valence-electron chi connectivity index (χ4n) is 1.68. The van der Waals surface area contributed by atoms with Gasteiger partial charge in [0.2, 0.25) is 0 Å².